The first-order valence-corrected chi connectivity index (χ1v) is 9.54. The molecule has 1 atom stereocenters. The number of hydrogen-bond acceptors (Lipinski definition) is 3. The summed E-state index contributed by atoms with van der Waals surface area (Å²) in [7, 11) is 0. The first kappa shape index (κ1) is 18.2. The molecule has 142 valence electrons. The first-order chi connectivity index (χ1) is 13.5. The predicted octanol–water partition coefficient (Wildman–Crippen LogP) is 6.29. The highest BCUT2D eigenvalue weighted by molar-refractivity contribution is 5.97. The fourth-order valence-electron chi connectivity index (χ4n) is 3.84. The Morgan fingerprint density at radius 1 is 0.893 bits per heavy atom. The monoisotopic (exact) mass is 372 g/mol. The highest BCUT2D eigenvalue weighted by Gasteiger charge is 2.30. The highest BCUT2D eigenvalue weighted by atomic mass is 16.5. The van der Waals surface area contributed by atoms with Crippen molar-refractivity contribution >= 4 is 11.1 Å². The number of rotatable bonds is 3. The van der Waals surface area contributed by atoms with Crippen LogP contribution in [0.1, 0.15) is 55.0 Å². The van der Waals surface area contributed by atoms with Gasteiger partial charge in [-0.25, -0.2) is 0 Å². The Kier molecular flexibility index (Phi) is 4.60. The lowest BCUT2D eigenvalue weighted by Crippen LogP contribution is -2.16. The molecule has 0 aromatic heterocycles. The molecular weight excluding hydrogens is 348 g/mol. The van der Waals surface area contributed by atoms with Crippen LogP contribution in [0.15, 0.2) is 66.7 Å². The molecule has 0 bridgehead atoms. The van der Waals surface area contributed by atoms with Gasteiger partial charge in [0.1, 0.15) is 23.4 Å². The Balaban J connectivity index is 1.91. The van der Waals surface area contributed by atoms with E-state index in [-0.39, 0.29) is 17.6 Å². The molecule has 0 fully saturated rings. The van der Waals surface area contributed by atoms with Crippen molar-refractivity contribution in [1.82, 2.24) is 0 Å². The maximum atomic E-state index is 10.4. The van der Waals surface area contributed by atoms with Crippen LogP contribution in [0.25, 0.3) is 11.1 Å². The maximum absolute atomic E-state index is 10.4. The lowest BCUT2D eigenvalue weighted by Gasteiger charge is -2.31. The smallest absolute Gasteiger partial charge is 0.150 e. The van der Waals surface area contributed by atoms with Crippen molar-refractivity contribution in [1.29, 1.82) is 0 Å². The molecule has 1 aliphatic heterocycles. The number of hydrogen-bond donors (Lipinski definition) is 2. The minimum Gasteiger partial charge on any atom is -0.508 e. The molecule has 28 heavy (non-hydrogen) atoms. The van der Waals surface area contributed by atoms with E-state index in [1.807, 2.05) is 25.1 Å². The number of benzene rings is 3. The molecule has 3 aromatic rings. The summed E-state index contributed by atoms with van der Waals surface area (Å²) in [5.41, 5.74) is 5.79. The van der Waals surface area contributed by atoms with E-state index in [0.717, 1.165) is 22.3 Å². The van der Waals surface area contributed by atoms with E-state index in [2.05, 4.69) is 38.1 Å². The summed E-state index contributed by atoms with van der Waals surface area (Å²) in [4.78, 5) is 0. The molecule has 0 unspecified atom stereocenters. The van der Waals surface area contributed by atoms with Crippen LogP contribution in [-0.4, -0.2) is 10.2 Å². The van der Waals surface area contributed by atoms with Crippen molar-refractivity contribution in [2.45, 2.75) is 32.8 Å². The Labute approximate surface area is 165 Å². The molecule has 0 saturated heterocycles. The van der Waals surface area contributed by atoms with Gasteiger partial charge in [-0.15, -0.1) is 0 Å². The second-order valence-electron chi connectivity index (χ2n) is 7.56. The molecule has 1 heterocycles. The van der Waals surface area contributed by atoms with E-state index >= 15 is 0 Å². The van der Waals surface area contributed by atoms with Crippen LogP contribution < -0.4 is 4.74 Å². The maximum Gasteiger partial charge on any atom is 0.150 e. The van der Waals surface area contributed by atoms with Gasteiger partial charge >= 0.3 is 0 Å². The SMILES string of the molecule is CC1=C(c2cccc(O)c2)[C@H](c2ccc(C(C)C)cc2)Oc2cccc(O)c21. The third-order valence-electron chi connectivity index (χ3n) is 5.35. The fraction of sp³-hybridized carbons (Fsp3) is 0.200. The standard InChI is InChI=1S/C25H24O3/c1-15(2)17-10-12-18(13-11-17)25-23(19-6-4-7-20(26)14-19)16(3)24-21(27)8-5-9-22(24)28-25/h4-15,25-27H,1-3H3/t25-/m0/s1. The quantitative estimate of drug-likeness (QED) is 0.568. The Bertz CT molecular complexity index is 1050. The van der Waals surface area contributed by atoms with E-state index in [1.165, 1.54) is 5.56 Å². The summed E-state index contributed by atoms with van der Waals surface area (Å²) < 4.78 is 6.38. The van der Waals surface area contributed by atoms with Crippen LogP contribution in [0.4, 0.5) is 0 Å². The predicted molar refractivity (Wildman–Crippen MR) is 113 cm³/mol. The lowest BCUT2D eigenvalue weighted by atomic mass is 9.85. The number of allylic oxidation sites excluding steroid dienone is 1. The molecule has 3 heteroatoms. The van der Waals surface area contributed by atoms with Gasteiger partial charge in [-0.05, 0) is 59.4 Å². The van der Waals surface area contributed by atoms with Crippen molar-refractivity contribution < 1.29 is 14.9 Å². The van der Waals surface area contributed by atoms with E-state index in [9.17, 15) is 10.2 Å². The second kappa shape index (κ2) is 7.08. The van der Waals surface area contributed by atoms with E-state index in [0.29, 0.717) is 17.2 Å². The van der Waals surface area contributed by atoms with Crippen LogP contribution in [0.5, 0.6) is 17.2 Å². The molecule has 4 rings (SSSR count). The van der Waals surface area contributed by atoms with Gasteiger partial charge < -0.3 is 14.9 Å². The van der Waals surface area contributed by atoms with Crippen molar-refractivity contribution in [3.63, 3.8) is 0 Å². The summed E-state index contributed by atoms with van der Waals surface area (Å²) in [6.45, 7) is 6.34. The van der Waals surface area contributed by atoms with Crippen molar-refractivity contribution in [3.05, 3.63) is 89.0 Å². The Hall–Kier alpha value is -3.20. The minimum atomic E-state index is -0.322. The second-order valence-corrected chi connectivity index (χ2v) is 7.56. The highest BCUT2D eigenvalue weighted by Crippen LogP contribution is 2.49. The van der Waals surface area contributed by atoms with Gasteiger partial charge in [0.25, 0.3) is 0 Å². The molecular formula is C25H24O3. The number of fused-ring (bicyclic) bond motifs is 1. The van der Waals surface area contributed by atoms with Gasteiger partial charge in [0.2, 0.25) is 0 Å². The molecule has 3 nitrogen and oxygen atoms in total. The van der Waals surface area contributed by atoms with Gasteiger partial charge in [0, 0.05) is 5.57 Å². The molecule has 0 saturated carbocycles. The van der Waals surface area contributed by atoms with Gasteiger partial charge in [-0.3, -0.25) is 0 Å². The zero-order valence-electron chi connectivity index (χ0n) is 16.3. The Morgan fingerprint density at radius 3 is 2.29 bits per heavy atom. The normalized spacial score (nSPS) is 16.1. The third-order valence-corrected chi connectivity index (χ3v) is 5.35. The largest absolute Gasteiger partial charge is 0.508 e. The van der Waals surface area contributed by atoms with Crippen LogP contribution in [0.2, 0.25) is 0 Å². The molecule has 0 aliphatic carbocycles. The number of ether oxygens (including phenoxy) is 1. The zero-order chi connectivity index (χ0) is 19.8. The molecule has 0 spiro atoms. The molecule has 0 radical (unpaired) electrons. The van der Waals surface area contributed by atoms with Crippen LogP contribution in [-0.2, 0) is 0 Å². The van der Waals surface area contributed by atoms with Crippen LogP contribution in [0, 0.1) is 0 Å². The summed E-state index contributed by atoms with van der Waals surface area (Å²) in [5, 5.41) is 20.5. The van der Waals surface area contributed by atoms with Crippen molar-refractivity contribution in [3.8, 4) is 17.2 Å². The van der Waals surface area contributed by atoms with E-state index < -0.39 is 0 Å². The Morgan fingerprint density at radius 2 is 1.61 bits per heavy atom. The number of phenolic OH excluding ortho intramolecular Hbond substituents is 2. The molecule has 0 amide bonds. The average Bonchev–Trinajstić information content (AvgIpc) is 2.67. The average molecular weight is 372 g/mol. The van der Waals surface area contributed by atoms with Crippen molar-refractivity contribution in [2.24, 2.45) is 0 Å². The van der Waals surface area contributed by atoms with Gasteiger partial charge in [-0.1, -0.05) is 56.3 Å². The third kappa shape index (κ3) is 3.13. The van der Waals surface area contributed by atoms with Gasteiger partial charge in [-0.2, -0.15) is 0 Å². The molecule has 3 aromatic carbocycles. The van der Waals surface area contributed by atoms with Gasteiger partial charge in [0.15, 0.2) is 0 Å². The van der Waals surface area contributed by atoms with Crippen LogP contribution in [0.3, 0.4) is 0 Å². The van der Waals surface area contributed by atoms with Gasteiger partial charge in [0.05, 0.1) is 5.56 Å². The molecule has 1 aliphatic rings. The summed E-state index contributed by atoms with van der Waals surface area (Å²) in [5.74, 6) is 1.53. The number of aromatic hydroxyl groups is 2. The topological polar surface area (TPSA) is 49.7 Å². The number of phenols is 2. The van der Waals surface area contributed by atoms with E-state index in [4.69, 9.17) is 4.74 Å². The first-order valence-electron chi connectivity index (χ1n) is 9.54. The summed E-state index contributed by atoms with van der Waals surface area (Å²) in [6, 6.07) is 21.0. The van der Waals surface area contributed by atoms with Crippen molar-refractivity contribution in [2.75, 3.05) is 0 Å². The molecule has 2 N–H and O–H groups in total. The summed E-state index contributed by atoms with van der Waals surface area (Å²) >= 11 is 0. The van der Waals surface area contributed by atoms with Crippen LogP contribution >= 0.6 is 0 Å². The van der Waals surface area contributed by atoms with E-state index in [1.54, 1.807) is 24.3 Å². The zero-order valence-corrected chi connectivity index (χ0v) is 16.3. The minimum absolute atomic E-state index is 0.196. The summed E-state index contributed by atoms with van der Waals surface area (Å²) in [6.07, 6.45) is -0.322. The lowest BCUT2D eigenvalue weighted by molar-refractivity contribution is 0.258. The fourth-order valence-corrected chi connectivity index (χ4v) is 3.84.